The lowest BCUT2D eigenvalue weighted by Crippen LogP contribution is -2.43. The lowest BCUT2D eigenvalue weighted by Gasteiger charge is -2.50. The van der Waals surface area contributed by atoms with E-state index >= 15 is 0 Å². The molecule has 0 aliphatic heterocycles. The van der Waals surface area contributed by atoms with E-state index in [1.165, 1.54) is 12.8 Å². The molecule has 0 heteroatoms. The average Bonchev–Trinajstić information content (AvgIpc) is 2.32. The van der Waals surface area contributed by atoms with Crippen molar-refractivity contribution in [3.05, 3.63) is 0 Å². The zero-order chi connectivity index (χ0) is 15.3. The molecule has 0 radical (unpaired) electrons. The van der Waals surface area contributed by atoms with Gasteiger partial charge in [-0.05, 0) is 41.9 Å². The van der Waals surface area contributed by atoms with Gasteiger partial charge >= 0.3 is 0 Å². The van der Waals surface area contributed by atoms with Gasteiger partial charge in [0.1, 0.15) is 0 Å². The van der Waals surface area contributed by atoms with Gasteiger partial charge in [-0.2, -0.15) is 0 Å². The Morgan fingerprint density at radius 1 is 0.737 bits per heavy atom. The van der Waals surface area contributed by atoms with E-state index in [0.29, 0.717) is 5.41 Å². The van der Waals surface area contributed by atoms with E-state index in [-0.39, 0.29) is 21.7 Å². The summed E-state index contributed by atoms with van der Waals surface area (Å²) >= 11 is 0. The topological polar surface area (TPSA) is 0 Å². The van der Waals surface area contributed by atoms with E-state index in [9.17, 15) is 0 Å². The van der Waals surface area contributed by atoms with Crippen LogP contribution < -0.4 is 0 Å². The van der Waals surface area contributed by atoms with Crippen LogP contribution in [0.1, 0.15) is 82.1 Å². The Morgan fingerprint density at radius 2 is 1.21 bits per heavy atom. The lowest BCUT2D eigenvalue weighted by atomic mass is 9.54. The van der Waals surface area contributed by atoms with Crippen LogP contribution in [0.3, 0.4) is 0 Å². The molecule has 0 spiro atoms. The molecule has 1 aliphatic rings. The highest BCUT2D eigenvalue weighted by Gasteiger charge is 2.74. The molecule has 1 aliphatic carbocycles. The van der Waals surface area contributed by atoms with E-state index in [0.717, 1.165) is 0 Å². The van der Waals surface area contributed by atoms with Crippen molar-refractivity contribution in [3.8, 4) is 11.8 Å². The molecule has 0 nitrogen and oxygen atoms in total. The zero-order valence-electron chi connectivity index (χ0n) is 14.9. The summed E-state index contributed by atoms with van der Waals surface area (Å²) in [5.41, 5.74) is 1.000. The first-order valence-corrected chi connectivity index (χ1v) is 7.81. The Kier molecular flexibility index (Phi) is 3.74. The molecule has 110 valence electrons. The van der Waals surface area contributed by atoms with Crippen LogP contribution in [0.4, 0.5) is 0 Å². The molecule has 0 aromatic heterocycles. The van der Waals surface area contributed by atoms with Crippen molar-refractivity contribution in [2.45, 2.75) is 82.1 Å². The van der Waals surface area contributed by atoms with Gasteiger partial charge in [-0.3, -0.25) is 0 Å². The molecule has 2 atom stereocenters. The first-order valence-electron chi connectivity index (χ1n) is 7.81. The highest BCUT2D eigenvalue weighted by atomic mass is 14.8. The predicted octanol–water partition coefficient (Wildman–Crippen LogP) is 5.91. The fourth-order valence-corrected chi connectivity index (χ4v) is 5.12. The molecule has 0 heterocycles. The second-order valence-corrected chi connectivity index (χ2v) is 8.46. The number of hydrogen-bond donors (Lipinski definition) is 0. The monoisotopic (exact) mass is 262 g/mol. The second kappa shape index (κ2) is 4.28. The summed E-state index contributed by atoms with van der Waals surface area (Å²) in [5.74, 6) is 6.85. The van der Waals surface area contributed by atoms with E-state index in [4.69, 9.17) is 0 Å². The summed E-state index contributed by atoms with van der Waals surface area (Å²) in [4.78, 5) is 0. The van der Waals surface area contributed by atoms with Gasteiger partial charge in [0.25, 0.3) is 0 Å². The summed E-state index contributed by atoms with van der Waals surface area (Å²) in [6.07, 6.45) is 2.52. The molecule has 0 saturated heterocycles. The normalized spacial score (nSPS) is 38.6. The quantitative estimate of drug-likeness (QED) is 0.542. The van der Waals surface area contributed by atoms with Crippen LogP contribution in [0.2, 0.25) is 0 Å². The van der Waals surface area contributed by atoms with Crippen LogP contribution in [0, 0.1) is 38.9 Å². The minimum absolute atomic E-state index is 0.0438. The third-order valence-corrected chi connectivity index (χ3v) is 7.95. The largest absolute Gasteiger partial charge is 0.106 e. The van der Waals surface area contributed by atoms with Gasteiger partial charge in [0.15, 0.2) is 0 Å². The number of hydrogen-bond acceptors (Lipinski definition) is 0. The minimum Gasteiger partial charge on any atom is -0.106 e. The Bertz CT molecular complexity index is 413. The van der Waals surface area contributed by atoms with Crippen molar-refractivity contribution in [3.63, 3.8) is 0 Å². The van der Waals surface area contributed by atoms with E-state index in [1.54, 1.807) is 0 Å². The smallest absolute Gasteiger partial charge is 0.0398 e. The SMILES string of the molecule is CC#CC1(C)C(C)(C)C(C)(C)C(C)(CCC)C1(C)C. The van der Waals surface area contributed by atoms with E-state index < -0.39 is 0 Å². The van der Waals surface area contributed by atoms with Crippen molar-refractivity contribution in [1.29, 1.82) is 0 Å². The van der Waals surface area contributed by atoms with E-state index in [2.05, 4.69) is 74.2 Å². The maximum atomic E-state index is 3.62. The third-order valence-electron chi connectivity index (χ3n) is 7.95. The van der Waals surface area contributed by atoms with Crippen LogP contribution in [0.25, 0.3) is 0 Å². The molecule has 0 amide bonds. The highest BCUT2D eigenvalue weighted by Crippen LogP contribution is 2.79. The maximum Gasteiger partial charge on any atom is 0.0398 e. The molecule has 19 heavy (non-hydrogen) atoms. The minimum atomic E-state index is 0.0438. The summed E-state index contributed by atoms with van der Waals surface area (Å²) in [6, 6.07) is 0. The standard InChI is InChI=1S/C19H34/c1-11-13-18(9)15(3,4)16(5,6)19(10,14-12-2)17(18,7)8/h11,13H2,1-10H3. The van der Waals surface area contributed by atoms with Gasteiger partial charge in [0.2, 0.25) is 0 Å². The van der Waals surface area contributed by atoms with Crippen molar-refractivity contribution < 1.29 is 0 Å². The van der Waals surface area contributed by atoms with Gasteiger partial charge in [-0.25, -0.2) is 0 Å². The van der Waals surface area contributed by atoms with Gasteiger partial charge < -0.3 is 0 Å². The molecule has 0 aromatic rings. The van der Waals surface area contributed by atoms with Crippen LogP contribution in [-0.2, 0) is 0 Å². The molecule has 0 N–H and O–H groups in total. The van der Waals surface area contributed by atoms with Gasteiger partial charge in [0, 0.05) is 5.41 Å². The molecular weight excluding hydrogens is 228 g/mol. The fraction of sp³-hybridized carbons (Fsp3) is 0.895. The lowest BCUT2D eigenvalue weighted by molar-refractivity contribution is -0.0133. The first-order chi connectivity index (χ1) is 8.37. The summed E-state index contributed by atoms with van der Waals surface area (Å²) in [7, 11) is 0. The van der Waals surface area contributed by atoms with Crippen molar-refractivity contribution >= 4 is 0 Å². The second-order valence-electron chi connectivity index (χ2n) is 8.46. The molecule has 1 saturated carbocycles. The highest BCUT2D eigenvalue weighted by molar-refractivity contribution is 5.31. The zero-order valence-corrected chi connectivity index (χ0v) is 14.9. The summed E-state index contributed by atoms with van der Waals surface area (Å²) in [5, 5.41) is 0. The van der Waals surface area contributed by atoms with Gasteiger partial charge in [-0.15, -0.1) is 5.92 Å². The summed E-state index contributed by atoms with van der Waals surface area (Å²) < 4.78 is 0. The van der Waals surface area contributed by atoms with Crippen LogP contribution in [-0.4, -0.2) is 0 Å². The predicted molar refractivity (Wildman–Crippen MR) is 85.9 cm³/mol. The molecule has 1 rings (SSSR count). The fourth-order valence-electron chi connectivity index (χ4n) is 5.12. The molecule has 0 bridgehead atoms. The Hall–Kier alpha value is -0.440. The van der Waals surface area contributed by atoms with Crippen LogP contribution in [0.15, 0.2) is 0 Å². The summed E-state index contributed by atoms with van der Waals surface area (Å²) in [6.45, 7) is 23.9. The Labute approximate surface area is 121 Å². The molecule has 2 unspecified atom stereocenters. The third kappa shape index (κ3) is 1.54. The van der Waals surface area contributed by atoms with Crippen molar-refractivity contribution in [1.82, 2.24) is 0 Å². The Morgan fingerprint density at radius 3 is 1.58 bits per heavy atom. The van der Waals surface area contributed by atoms with Crippen molar-refractivity contribution in [2.24, 2.45) is 27.1 Å². The van der Waals surface area contributed by atoms with Crippen LogP contribution >= 0.6 is 0 Å². The number of rotatable bonds is 2. The molecule has 0 aromatic carbocycles. The molecule has 1 fully saturated rings. The van der Waals surface area contributed by atoms with E-state index in [1.807, 2.05) is 6.92 Å². The average molecular weight is 262 g/mol. The van der Waals surface area contributed by atoms with Crippen molar-refractivity contribution in [2.75, 3.05) is 0 Å². The molecular formula is C19H34. The maximum absolute atomic E-state index is 3.62. The Balaban J connectivity index is 3.68. The van der Waals surface area contributed by atoms with Crippen LogP contribution in [0.5, 0.6) is 0 Å². The first kappa shape index (κ1) is 16.6. The van der Waals surface area contributed by atoms with Gasteiger partial charge in [-0.1, -0.05) is 67.7 Å². The van der Waals surface area contributed by atoms with Gasteiger partial charge in [0.05, 0.1) is 0 Å².